The Morgan fingerprint density at radius 1 is 1.18 bits per heavy atom. The lowest BCUT2D eigenvalue weighted by Gasteiger charge is -2.28. The van der Waals surface area contributed by atoms with E-state index in [2.05, 4.69) is 98.4 Å². The minimum absolute atomic E-state index is 0.0264. The van der Waals surface area contributed by atoms with Gasteiger partial charge in [0.15, 0.2) is 0 Å². The van der Waals surface area contributed by atoms with E-state index in [4.69, 9.17) is 4.98 Å². The highest BCUT2D eigenvalue weighted by molar-refractivity contribution is 7.19. The number of rotatable bonds is 8. The monoisotopic (exact) mass is 460 g/mol. The molecule has 2 nitrogen and oxygen atoms in total. The van der Waals surface area contributed by atoms with Crippen LogP contribution in [0.3, 0.4) is 0 Å². The molecule has 0 N–H and O–H groups in total. The van der Waals surface area contributed by atoms with E-state index in [9.17, 15) is 0 Å². The van der Waals surface area contributed by atoms with Gasteiger partial charge in [-0.15, -0.1) is 11.3 Å². The highest BCUT2D eigenvalue weighted by atomic mass is 32.1. The van der Waals surface area contributed by atoms with E-state index in [1.54, 1.807) is 0 Å². The van der Waals surface area contributed by atoms with Gasteiger partial charge in [-0.05, 0) is 71.9 Å². The second-order valence-electron chi connectivity index (χ2n) is 10.4. The number of imidazole rings is 1. The molecule has 3 rings (SSSR count). The van der Waals surface area contributed by atoms with Crippen molar-refractivity contribution in [1.82, 2.24) is 9.55 Å². The Bertz CT molecular complexity index is 1230. The van der Waals surface area contributed by atoms with Gasteiger partial charge >= 0.3 is 0 Å². The number of hydrogen-bond acceptors (Lipinski definition) is 2. The number of aryl methyl sites for hydroxylation is 1. The second-order valence-corrected chi connectivity index (χ2v) is 11.7. The summed E-state index contributed by atoms with van der Waals surface area (Å²) >= 11 is 1.86. The quantitative estimate of drug-likeness (QED) is 0.306. The number of allylic oxidation sites excluding steroid dienone is 3. The van der Waals surface area contributed by atoms with E-state index in [-0.39, 0.29) is 5.41 Å². The van der Waals surface area contributed by atoms with Crippen LogP contribution in [0.15, 0.2) is 48.8 Å². The molecule has 0 fully saturated rings. The standard InChI is InChI=1S/C30H40N2S/c1-12-23-22(9)33-27-17-26(30(10,11)13-2)25(16-24(23)27)29-31-14-15-32(29)28(20(7)18(3)4)21(8)19(5)6/h12,14-19H,1,7,13H2,2-6,8-11H3/b28-21-. The summed E-state index contributed by atoms with van der Waals surface area (Å²) in [6, 6.07) is 4.75. The Morgan fingerprint density at radius 2 is 1.85 bits per heavy atom. The number of nitrogens with zero attached hydrogens (tertiary/aromatic N) is 2. The normalized spacial score (nSPS) is 13.2. The van der Waals surface area contributed by atoms with Crippen LogP contribution in [0, 0.1) is 18.8 Å². The van der Waals surface area contributed by atoms with Gasteiger partial charge in [0.2, 0.25) is 0 Å². The van der Waals surface area contributed by atoms with E-state index >= 15 is 0 Å². The third-order valence-corrected chi connectivity index (χ3v) is 8.32. The van der Waals surface area contributed by atoms with Gasteiger partial charge in [0.25, 0.3) is 0 Å². The van der Waals surface area contributed by atoms with E-state index in [1.807, 2.05) is 23.6 Å². The van der Waals surface area contributed by atoms with E-state index in [0.717, 1.165) is 17.8 Å². The van der Waals surface area contributed by atoms with Crippen LogP contribution in [0.25, 0.3) is 33.2 Å². The number of aromatic nitrogens is 2. The lowest BCUT2D eigenvalue weighted by Crippen LogP contribution is -2.18. The largest absolute Gasteiger partial charge is 0.300 e. The lowest BCUT2D eigenvalue weighted by molar-refractivity contribution is 0.508. The predicted molar refractivity (Wildman–Crippen MR) is 149 cm³/mol. The molecule has 0 amide bonds. The maximum Gasteiger partial charge on any atom is 0.144 e. The van der Waals surface area contributed by atoms with Crippen LogP contribution in [-0.2, 0) is 5.41 Å². The molecule has 0 unspecified atom stereocenters. The van der Waals surface area contributed by atoms with Crippen LogP contribution in [0.1, 0.15) is 77.8 Å². The highest BCUT2D eigenvalue weighted by Gasteiger charge is 2.27. The summed E-state index contributed by atoms with van der Waals surface area (Å²) in [5, 5.41) is 1.27. The van der Waals surface area contributed by atoms with Gasteiger partial charge in [-0.1, -0.05) is 67.7 Å². The van der Waals surface area contributed by atoms with Crippen molar-refractivity contribution in [2.45, 2.75) is 74.1 Å². The molecule has 0 aliphatic rings. The third-order valence-electron chi connectivity index (χ3n) is 7.23. The molecule has 2 heterocycles. The molecule has 0 bridgehead atoms. The molecule has 0 spiro atoms. The average molecular weight is 461 g/mol. The number of thiophene rings is 1. The van der Waals surface area contributed by atoms with Crippen LogP contribution >= 0.6 is 11.3 Å². The third kappa shape index (κ3) is 4.53. The topological polar surface area (TPSA) is 17.8 Å². The molecule has 0 aliphatic carbocycles. The molecular weight excluding hydrogens is 420 g/mol. The summed E-state index contributed by atoms with van der Waals surface area (Å²) in [6.45, 7) is 28.9. The minimum atomic E-state index is 0.0264. The summed E-state index contributed by atoms with van der Waals surface area (Å²) in [4.78, 5) is 6.24. The SMILES string of the molecule is C=Cc1c(C)sc2cc(C(C)(C)CC)c(-c3nccn3/C(C(=C)C(C)C)=C(/C)C(C)C)cc12. The van der Waals surface area contributed by atoms with E-state index in [0.29, 0.717) is 11.8 Å². The van der Waals surface area contributed by atoms with Gasteiger partial charge in [-0.25, -0.2) is 4.98 Å². The zero-order valence-corrected chi connectivity index (χ0v) is 22.8. The molecule has 0 saturated heterocycles. The summed E-state index contributed by atoms with van der Waals surface area (Å²) in [6.07, 6.45) is 7.07. The number of benzene rings is 1. The van der Waals surface area contributed by atoms with Crippen LogP contribution in [0.5, 0.6) is 0 Å². The van der Waals surface area contributed by atoms with E-state index in [1.165, 1.54) is 42.9 Å². The molecule has 3 aromatic rings. The molecule has 2 aromatic heterocycles. The first-order valence-electron chi connectivity index (χ1n) is 12.1. The Morgan fingerprint density at radius 3 is 2.39 bits per heavy atom. The minimum Gasteiger partial charge on any atom is -0.300 e. The molecule has 0 aliphatic heterocycles. The first-order chi connectivity index (χ1) is 15.4. The molecular formula is C30H40N2S. The number of fused-ring (bicyclic) bond motifs is 1. The average Bonchev–Trinajstić information content (AvgIpc) is 3.35. The maximum atomic E-state index is 4.93. The summed E-state index contributed by atoms with van der Waals surface area (Å²) in [5.41, 5.74) is 7.48. The van der Waals surface area contributed by atoms with Crippen LogP contribution in [-0.4, -0.2) is 9.55 Å². The molecule has 0 radical (unpaired) electrons. The van der Waals surface area contributed by atoms with Crippen molar-refractivity contribution in [1.29, 1.82) is 0 Å². The van der Waals surface area contributed by atoms with Crippen molar-refractivity contribution >= 4 is 33.2 Å². The van der Waals surface area contributed by atoms with Crippen molar-refractivity contribution in [2.24, 2.45) is 11.8 Å². The molecule has 1 aromatic carbocycles. The number of hydrogen-bond donors (Lipinski definition) is 0. The smallest absolute Gasteiger partial charge is 0.144 e. The van der Waals surface area contributed by atoms with Gasteiger partial charge in [0, 0.05) is 38.6 Å². The fourth-order valence-corrected chi connectivity index (χ4v) is 5.39. The molecule has 3 heteroatoms. The Balaban J connectivity index is 2.42. The van der Waals surface area contributed by atoms with Gasteiger partial charge in [0.1, 0.15) is 5.82 Å². The van der Waals surface area contributed by atoms with Crippen molar-refractivity contribution < 1.29 is 0 Å². The zero-order chi connectivity index (χ0) is 24.7. The van der Waals surface area contributed by atoms with Crippen LogP contribution < -0.4 is 0 Å². The first-order valence-corrected chi connectivity index (χ1v) is 12.9. The second kappa shape index (κ2) is 9.46. The van der Waals surface area contributed by atoms with Gasteiger partial charge in [-0.2, -0.15) is 0 Å². The fraction of sp³-hybridized carbons (Fsp3) is 0.433. The summed E-state index contributed by atoms with van der Waals surface area (Å²) in [5.74, 6) is 1.76. The van der Waals surface area contributed by atoms with Crippen LogP contribution in [0.2, 0.25) is 0 Å². The Labute approximate surface area is 204 Å². The predicted octanol–water partition coefficient (Wildman–Crippen LogP) is 9.50. The molecule has 176 valence electrons. The Kier molecular flexibility index (Phi) is 7.24. The Hall–Kier alpha value is -2.39. The molecule has 33 heavy (non-hydrogen) atoms. The zero-order valence-electron chi connectivity index (χ0n) is 22.0. The summed E-state index contributed by atoms with van der Waals surface area (Å²) < 4.78 is 3.60. The fourth-order valence-electron chi connectivity index (χ4n) is 4.30. The van der Waals surface area contributed by atoms with Gasteiger partial charge in [0.05, 0.1) is 0 Å². The maximum absolute atomic E-state index is 4.93. The summed E-state index contributed by atoms with van der Waals surface area (Å²) in [7, 11) is 0. The van der Waals surface area contributed by atoms with Gasteiger partial charge in [-0.3, -0.25) is 4.57 Å². The molecule has 0 saturated carbocycles. The van der Waals surface area contributed by atoms with Crippen LogP contribution in [0.4, 0.5) is 0 Å². The van der Waals surface area contributed by atoms with Crippen molar-refractivity contribution in [3.63, 3.8) is 0 Å². The lowest BCUT2D eigenvalue weighted by atomic mass is 9.79. The highest BCUT2D eigenvalue weighted by Crippen LogP contribution is 2.43. The van der Waals surface area contributed by atoms with Crippen molar-refractivity contribution in [3.05, 3.63) is 64.8 Å². The van der Waals surface area contributed by atoms with Crippen molar-refractivity contribution in [2.75, 3.05) is 0 Å². The first kappa shape index (κ1) is 25.2. The van der Waals surface area contributed by atoms with Crippen molar-refractivity contribution in [3.8, 4) is 11.4 Å². The molecule has 0 atom stereocenters. The van der Waals surface area contributed by atoms with Gasteiger partial charge < -0.3 is 0 Å². The van der Waals surface area contributed by atoms with E-state index < -0.39 is 0 Å².